The molecular weight excluding hydrogens is 266 g/mol. The van der Waals surface area contributed by atoms with E-state index in [1.165, 1.54) is 6.42 Å². The molecule has 1 rings (SSSR count). The Hall–Kier alpha value is -2.25. The highest BCUT2D eigenvalue weighted by Gasteiger charge is 2.16. The molecule has 1 aliphatic rings. The van der Waals surface area contributed by atoms with Crippen molar-refractivity contribution >= 4 is 18.0 Å². The van der Waals surface area contributed by atoms with E-state index in [1.807, 2.05) is 0 Å². The second-order valence-corrected chi connectivity index (χ2v) is 4.58. The van der Waals surface area contributed by atoms with Crippen molar-refractivity contribution in [1.29, 1.82) is 0 Å². The summed E-state index contributed by atoms with van der Waals surface area (Å²) in [7, 11) is 0. The molecule has 0 atom stereocenters. The predicted octanol–water partition coefficient (Wildman–Crippen LogP) is 0.566. The fourth-order valence-corrected chi connectivity index (χ4v) is 1.97. The Balaban J connectivity index is 2.38. The molecular formula is C12H19N3O5. The van der Waals surface area contributed by atoms with Crippen LogP contribution in [0.2, 0.25) is 0 Å². The molecule has 0 bridgehead atoms. The van der Waals surface area contributed by atoms with Crippen molar-refractivity contribution in [3.8, 4) is 0 Å². The average Bonchev–Trinajstić information content (AvgIpc) is 2.39. The Morgan fingerprint density at radius 1 is 1.05 bits per heavy atom. The molecule has 1 aliphatic carbocycles. The molecule has 0 saturated heterocycles. The molecule has 0 heterocycles. The first kappa shape index (κ1) is 15.8. The number of hydrazine groups is 1. The molecule has 1 saturated carbocycles. The summed E-state index contributed by atoms with van der Waals surface area (Å²) in [6.07, 6.45) is 5.65. The van der Waals surface area contributed by atoms with Crippen molar-refractivity contribution in [2.24, 2.45) is 0 Å². The molecule has 8 heteroatoms. The van der Waals surface area contributed by atoms with Crippen LogP contribution < -0.4 is 16.2 Å². The summed E-state index contributed by atoms with van der Waals surface area (Å²) in [5, 5.41) is 20.0. The third-order valence-electron chi connectivity index (χ3n) is 2.96. The van der Waals surface area contributed by atoms with Gasteiger partial charge in [-0.2, -0.15) is 0 Å². The highest BCUT2D eigenvalue weighted by atomic mass is 16.4. The van der Waals surface area contributed by atoms with Crippen molar-refractivity contribution in [2.45, 2.75) is 44.6 Å². The normalized spacial score (nSPS) is 16.3. The average molecular weight is 285 g/mol. The van der Waals surface area contributed by atoms with Crippen LogP contribution >= 0.6 is 0 Å². The lowest BCUT2D eigenvalue weighted by Crippen LogP contribution is -2.48. The summed E-state index contributed by atoms with van der Waals surface area (Å²) in [5.41, 5.74) is 4.01. The molecule has 112 valence electrons. The Kier molecular flexibility index (Phi) is 6.34. The van der Waals surface area contributed by atoms with Crippen molar-refractivity contribution in [3.63, 3.8) is 0 Å². The summed E-state index contributed by atoms with van der Waals surface area (Å²) in [6.45, 7) is 0. The minimum absolute atomic E-state index is 0.0989. The SMILES string of the molecule is O=C(O)C/C=C(\NNC(=O)NC1CCCCC1)C(=O)O. The van der Waals surface area contributed by atoms with E-state index in [-0.39, 0.29) is 11.7 Å². The van der Waals surface area contributed by atoms with Gasteiger partial charge in [-0.3, -0.25) is 15.6 Å². The largest absolute Gasteiger partial charge is 0.481 e. The van der Waals surface area contributed by atoms with Crippen LogP contribution in [0.25, 0.3) is 0 Å². The van der Waals surface area contributed by atoms with Crippen LogP contribution in [0.1, 0.15) is 38.5 Å². The summed E-state index contributed by atoms with van der Waals surface area (Å²) >= 11 is 0. The second-order valence-electron chi connectivity index (χ2n) is 4.58. The molecule has 1 fully saturated rings. The maximum Gasteiger partial charge on any atom is 0.353 e. The highest BCUT2D eigenvalue weighted by Crippen LogP contribution is 2.16. The smallest absolute Gasteiger partial charge is 0.353 e. The van der Waals surface area contributed by atoms with Crippen LogP contribution in [-0.2, 0) is 9.59 Å². The van der Waals surface area contributed by atoms with Crippen LogP contribution in [-0.4, -0.2) is 34.2 Å². The van der Waals surface area contributed by atoms with Gasteiger partial charge in [-0.15, -0.1) is 0 Å². The molecule has 0 aliphatic heterocycles. The summed E-state index contributed by atoms with van der Waals surface area (Å²) in [6, 6.07) is -0.429. The Morgan fingerprint density at radius 2 is 1.70 bits per heavy atom. The first-order chi connectivity index (χ1) is 9.49. The van der Waals surface area contributed by atoms with Crippen molar-refractivity contribution in [3.05, 3.63) is 11.8 Å². The third kappa shape index (κ3) is 6.07. The van der Waals surface area contributed by atoms with Gasteiger partial charge < -0.3 is 15.5 Å². The third-order valence-corrected chi connectivity index (χ3v) is 2.96. The van der Waals surface area contributed by atoms with Gasteiger partial charge in [0.25, 0.3) is 0 Å². The number of aliphatic carboxylic acids is 2. The molecule has 0 aromatic rings. The molecule has 0 aromatic carbocycles. The summed E-state index contributed by atoms with van der Waals surface area (Å²) in [5.74, 6) is -2.50. The first-order valence-electron chi connectivity index (χ1n) is 6.47. The number of amides is 2. The Labute approximate surface area is 116 Å². The summed E-state index contributed by atoms with van der Waals surface area (Å²) < 4.78 is 0. The number of carboxylic acids is 2. The van der Waals surface area contributed by atoms with E-state index < -0.39 is 24.4 Å². The standard InChI is InChI=1S/C12H19N3O5/c16-10(17)7-6-9(11(18)19)14-15-12(20)13-8-4-2-1-3-5-8/h6,8,14H,1-5,7H2,(H,16,17)(H,18,19)(H2,13,15,20)/b9-6-. The number of hydrogen-bond acceptors (Lipinski definition) is 4. The zero-order valence-corrected chi connectivity index (χ0v) is 11.0. The number of rotatable bonds is 6. The van der Waals surface area contributed by atoms with Gasteiger partial charge in [-0.05, 0) is 18.9 Å². The molecule has 20 heavy (non-hydrogen) atoms. The minimum atomic E-state index is -1.34. The number of carbonyl (C=O) groups is 3. The van der Waals surface area contributed by atoms with Gasteiger partial charge in [-0.25, -0.2) is 9.59 Å². The van der Waals surface area contributed by atoms with Crippen LogP contribution in [0.4, 0.5) is 4.79 Å². The van der Waals surface area contributed by atoms with Crippen LogP contribution in [0.5, 0.6) is 0 Å². The van der Waals surface area contributed by atoms with E-state index in [2.05, 4.69) is 16.2 Å². The van der Waals surface area contributed by atoms with Crippen molar-refractivity contribution in [2.75, 3.05) is 0 Å². The number of carbonyl (C=O) groups excluding carboxylic acids is 1. The van der Waals surface area contributed by atoms with Gasteiger partial charge in [0, 0.05) is 6.04 Å². The molecule has 0 radical (unpaired) electrons. The minimum Gasteiger partial charge on any atom is -0.481 e. The molecule has 0 unspecified atom stereocenters. The van der Waals surface area contributed by atoms with E-state index in [1.54, 1.807) is 0 Å². The van der Waals surface area contributed by atoms with Gasteiger partial charge >= 0.3 is 18.0 Å². The van der Waals surface area contributed by atoms with E-state index in [9.17, 15) is 14.4 Å². The van der Waals surface area contributed by atoms with E-state index in [0.29, 0.717) is 0 Å². The van der Waals surface area contributed by atoms with E-state index in [0.717, 1.165) is 31.8 Å². The van der Waals surface area contributed by atoms with Gasteiger partial charge in [0.05, 0.1) is 6.42 Å². The van der Waals surface area contributed by atoms with Crippen molar-refractivity contribution in [1.82, 2.24) is 16.2 Å². The highest BCUT2D eigenvalue weighted by molar-refractivity contribution is 5.87. The number of carboxylic acid groups (broad SMARTS) is 2. The van der Waals surface area contributed by atoms with Crippen LogP contribution in [0.3, 0.4) is 0 Å². The topological polar surface area (TPSA) is 128 Å². The van der Waals surface area contributed by atoms with Crippen LogP contribution in [0.15, 0.2) is 11.8 Å². The number of hydrogen-bond donors (Lipinski definition) is 5. The fraction of sp³-hybridized carbons (Fsp3) is 0.583. The lowest BCUT2D eigenvalue weighted by molar-refractivity contribution is -0.136. The van der Waals surface area contributed by atoms with Gasteiger partial charge in [-0.1, -0.05) is 19.3 Å². The lowest BCUT2D eigenvalue weighted by Gasteiger charge is -2.23. The number of urea groups is 1. The maximum atomic E-state index is 11.6. The molecule has 8 nitrogen and oxygen atoms in total. The molecule has 2 amide bonds. The van der Waals surface area contributed by atoms with E-state index >= 15 is 0 Å². The second kappa shape index (κ2) is 8.03. The fourth-order valence-electron chi connectivity index (χ4n) is 1.97. The maximum absolute atomic E-state index is 11.6. The number of nitrogens with one attached hydrogen (secondary N) is 3. The van der Waals surface area contributed by atoms with E-state index in [4.69, 9.17) is 10.2 Å². The Bertz CT molecular complexity index is 402. The first-order valence-corrected chi connectivity index (χ1v) is 6.47. The predicted molar refractivity (Wildman–Crippen MR) is 69.6 cm³/mol. The molecule has 0 aromatic heterocycles. The quantitative estimate of drug-likeness (QED) is 0.358. The molecule has 0 spiro atoms. The Morgan fingerprint density at radius 3 is 2.25 bits per heavy atom. The monoisotopic (exact) mass is 285 g/mol. The summed E-state index contributed by atoms with van der Waals surface area (Å²) in [4.78, 5) is 32.7. The van der Waals surface area contributed by atoms with Gasteiger partial charge in [0.15, 0.2) is 0 Å². The van der Waals surface area contributed by atoms with Crippen molar-refractivity contribution < 1.29 is 24.6 Å². The van der Waals surface area contributed by atoms with Gasteiger partial charge in [0.2, 0.25) is 0 Å². The van der Waals surface area contributed by atoms with Crippen LogP contribution in [0, 0.1) is 0 Å². The zero-order chi connectivity index (χ0) is 15.0. The zero-order valence-electron chi connectivity index (χ0n) is 11.0. The van der Waals surface area contributed by atoms with Gasteiger partial charge in [0.1, 0.15) is 5.70 Å². The lowest BCUT2D eigenvalue weighted by atomic mass is 9.96. The molecule has 5 N–H and O–H groups in total.